The largest absolute Gasteiger partial charge is 0.465 e. The average Bonchev–Trinajstić information content (AvgIpc) is 2.22. The van der Waals surface area contributed by atoms with Crippen molar-refractivity contribution in [3.63, 3.8) is 0 Å². The maximum Gasteiger partial charge on any atom is 0.306 e. The Hall–Kier alpha value is -0.860. The predicted molar refractivity (Wildman–Crippen MR) is 61.9 cm³/mol. The molecule has 0 N–H and O–H groups in total. The summed E-state index contributed by atoms with van der Waals surface area (Å²) in [6.07, 6.45) is 1.80. The minimum atomic E-state index is -0.165. The van der Waals surface area contributed by atoms with Gasteiger partial charge < -0.3 is 4.74 Å². The van der Waals surface area contributed by atoms with Crippen LogP contribution in [0.3, 0.4) is 0 Å². The number of cyclic esters (lactones) is 1. The maximum absolute atomic E-state index is 11.7. The smallest absolute Gasteiger partial charge is 0.306 e. The lowest BCUT2D eigenvalue weighted by molar-refractivity contribution is -0.147. The van der Waals surface area contributed by atoms with Gasteiger partial charge in [-0.25, -0.2) is 0 Å². The molecule has 1 aliphatic rings. The summed E-state index contributed by atoms with van der Waals surface area (Å²) in [5.41, 5.74) is 0.0485. The highest BCUT2D eigenvalue weighted by molar-refractivity contribution is 5.81. The Morgan fingerprint density at radius 2 is 1.88 bits per heavy atom. The van der Waals surface area contributed by atoms with Crippen molar-refractivity contribution in [2.45, 2.75) is 47.0 Å². The van der Waals surface area contributed by atoms with Crippen LogP contribution in [-0.4, -0.2) is 18.4 Å². The number of carbonyl (C=O) groups is 2. The molecule has 3 nitrogen and oxygen atoms in total. The van der Waals surface area contributed by atoms with Gasteiger partial charge in [-0.1, -0.05) is 27.7 Å². The van der Waals surface area contributed by atoms with Crippen molar-refractivity contribution in [3.8, 4) is 0 Å². The molecule has 0 amide bonds. The molecule has 0 radical (unpaired) electrons. The number of hydrogen-bond donors (Lipinski definition) is 0. The Balaban J connectivity index is 2.75. The fraction of sp³-hybridized carbons (Fsp3) is 0.846. The van der Waals surface area contributed by atoms with Crippen LogP contribution in [0.25, 0.3) is 0 Å². The molecule has 1 saturated heterocycles. The van der Waals surface area contributed by atoms with Crippen LogP contribution in [0.5, 0.6) is 0 Å². The highest BCUT2D eigenvalue weighted by Gasteiger charge is 2.30. The summed E-state index contributed by atoms with van der Waals surface area (Å²) in [6, 6.07) is 0. The molecule has 92 valence electrons. The van der Waals surface area contributed by atoms with E-state index in [-0.39, 0.29) is 35.6 Å². The molecule has 0 unspecified atom stereocenters. The van der Waals surface area contributed by atoms with E-state index in [4.69, 9.17) is 4.74 Å². The first-order chi connectivity index (χ1) is 7.30. The number of ketones is 1. The van der Waals surface area contributed by atoms with Crippen molar-refractivity contribution < 1.29 is 14.3 Å². The summed E-state index contributed by atoms with van der Waals surface area (Å²) in [7, 11) is 0. The van der Waals surface area contributed by atoms with Crippen molar-refractivity contribution >= 4 is 11.8 Å². The van der Waals surface area contributed by atoms with Crippen molar-refractivity contribution in [1.82, 2.24) is 0 Å². The Morgan fingerprint density at radius 1 is 1.25 bits per heavy atom. The molecule has 1 rings (SSSR count). The Bertz CT molecular complexity index is 275. The van der Waals surface area contributed by atoms with E-state index >= 15 is 0 Å². The average molecular weight is 226 g/mol. The molecule has 1 heterocycles. The molecule has 1 fully saturated rings. The zero-order valence-electron chi connectivity index (χ0n) is 10.7. The zero-order chi connectivity index (χ0) is 12.3. The standard InChI is InChI=1S/C13H22O3/c1-9-8-16-12(15)7-10(13(2,3)4)5-6-11(9)14/h9-10H,5-8H2,1-4H3/t9-,10+/m0/s1. The summed E-state index contributed by atoms with van der Waals surface area (Å²) in [6.45, 7) is 8.39. The van der Waals surface area contributed by atoms with Crippen molar-refractivity contribution in [2.24, 2.45) is 17.3 Å². The van der Waals surface area contributed by atoms with E-state index in [1.54, 1.807) is 0 Å². The van der Waals surface area contributed by atoms with Gasteiger partial charge in [-0.15, -0.1) is 0 Å². The molecule has 0 aromatic rings. The van der Waals surface area contributed by atoms with Crippen molar-refractivity contribution in [1.29, 1.82) is 0 Å². The van der Waals surface area contributed by atoms with Crippen LogP contribution >= 0.6 is 0 Å². The second-order valence-corrected chi connectivity index (χ2v) is 5.86. The van der Waals surface area contributed by atoms with E-state index in [1.807, 2.05) is 6.92 Å². The first-order valence-corrected chi connectivity index (χ1v) is 5.99. The number of hydrogen-bond acceptors (Lipinski definition) is 3. The SMILES string of the molecule is C[C@H]1COC(=O)C[C@H](C(C)(C)C)CCC1=O. The number of esters is 1. The van der Waals surface area contributed by atoms with Gasteiger partial charge in [-0.05, 0) is 17.8 Å². The highest BCUT2D eigenvalue weighted by Crippen LogP contribution is 2.33. The molecule has 2 atom stereocenters. The highest BCUT2D eigenvalue weighted by atomic mass is 16.5. The second-order valence-electron chi connectivity index (χ2n) is 5.86. The quantitative estimate of drug-likeness (QED) is 0.596. The van der Waals surface area contributed by atoms with Gasteiger partial charge in [0.1, 0.15) is 12.4 Å². The topological polar surface area (TPSA) is 43.4 Å². The predicted octanol–water partition coefficient (Wildman–Crippen LogP) is 2.58. The maximum atomic E-state index is 11.7. The molecule has 0 aromatic heterocycles. The lowest BCUT2D eigenvalue weighted by Gasteiger charge is -2.29. The third-order valence-corrected chi connectivity index (χ3v) is 3.42. The van der Waals surface area contributed by atoms with Crippen LogP contribution in [0.15, 0.2) is 0 Å². The summed E-state index contributed by atoms with van der Waals surface area (Å²) < 4.78 is 5.11. The van der Waals surface area contributed by atoms with Gasteiger partial charge >= 0.3 is 5.97 Å². The third-order valence-electron chi connectivity index (χ3n) is 3.42. The fourth-order valence-electron chi connectivity index (χ4n) is 1.98. The van der Waals surface area contributed by atoms with E-state index in [2.05, 4.69) is 20.8 Å². The van der Waals surface area contributed by atoms with Gasteiger partial charge in [0.15, 0.2) is 0 Å². The van der Waals surface area contributed by atoms with Crippen LogP contribution in [0, 0.1) is 17.3 Å². The normalized spacial score (nSPS) is 29.0. The second kappa shape index (κ2) is 4.98. The van der Waals surface area contributed by atoms with Gasteiger partial charge in [0, 0.05) is 18.8 Å². The monoisotopic (exact) mass is 226 g/mol. The lowest BCUT2D eigenvalue weighted by atomic mass is 9.76. The molecule has 1 aliphatic heterocycles. The summed E-state index contributed by atoms with van der Waals surface area (Å²) >= 11 is 0. The molecule has 0 aromatic carbocycles. The Kier molecular flexibility index (Phi) is 4.11. The first kappa shape index (κ1) is 13.2. The minimum absolute atomic E-state index is 0.0485. The molecule has 0 saturated carbocycles. The van der Waals surface area contributed by atoms with Crippen LogP contribution in [-0.2, 0) is 14.3 Å². The van der Waals surface area contributed by atoms with Gasteiger partial charge in [-0.3, -0.25) is 9.59 Å². The van der Waals surface area contributed by atoms with Gasteiger partial charge in [0.05, 0.1) is 0 Å². The number of Topliss-reactive ketones (excluding diaryl/α,β-unsaturated/α-hetero) is 1. The number of ether oxygens (including phenoxy) is 1. The van der Waals surface area contributed by atoms with E-state index in [0.717, 1.165) is 6.42 Å². The van der Waals surface area contributed by atoms with Gasteiger partial charge in [-0.2, -0.15) is 0 Å². The van der Waals surface area contributed by atoms with Crippen molar-refractivity contribution in [3.05, 3.63) is 0 Å². The molecule has 0 bridgehead atoms. The van der Waals surface area contributed by atoms with Crippen LogP contribution in [0.2, 0.25) is 0 Å². The molecule has 0 spiro atoms. The summed E-state index contributed by atoms with van der Waals surface area (Å²) in [5, 5.41) is 0. The number of rotatable bonds is 0. The number of carbonyl (C=O) groups excluding carboxylic acids is 2. The Morgan fingerprint density at radius 3 is 2.44 bits per heavy atom. The van der Waals surface area contributed by atoms with E-state index in [1.165, 1.54) is 0 Å². The molecule has 3 heteroatoms. The zero-order valence-corrected chi connectivity index (χ0v) is 10.7. The van der Waals surface area contributed by atoms with Gasteiger partial charge in [0.2, 0.25) is 0 Å². The van der Waals surface area contributed by atoms with E-state index in [0.29, 0.717) is 12.8 Å². The summed E-state index contributed by atoms with van der Waals surface area (Å²) in [5.74, 6) is 0.127. The summed E-state index contributed by atoms with van der Waals surface area (Å²) in [4.78, 5) is 23.3. The van der Waals surface area contributed by atoms with Crippen LogP contribution in [0.1, 0.15) is 47.0 Å². The van der Waals surface area contributed by atoms with Crippen molar-refractivity contribution in [2.75, 3.05) is 6.61 Å². The van der Waals surface area contributed by atoms with Crippen LogP contribution < -0.4 is 0 Å². The van der Waals surface area contributed by atoms with Crippen LogP contribution in [0.4, 0.5) is 0 Å². The first-order valence-electron chi connectivity index (χ1n) is 5.99. The third kappa shape index (κ3) is 3.62. The van der Waals surface area contributed by atoms with E-state index in [9.17, 15) is 9.59 Å². The Labute approximate surface area is 97.5 Å². The lowest BCUT2D eigenvalue weighted by Crippen LogP contribution is -2.24. The molecular formula is C13H22O3. The van der Waals surface area contributed by atoms with E-state index < -0.39 is 0 Å². The molecule has 0 aliphatic carbocycles. The molecular weight excluding hydrogens is 204 g/mol. The van der Waals surface area contributed by atoms with Gasteiger partial charge in [0.25, 0.3) is 0 Å². The molecule has 16 heavy (non-hydrogen) atoms. The minimum Gasteiger partial charge on any atom is -0.465 e. The fourth-order valence-corrected chi connectivity index (χ4v) is 1.98.